The Morgan fingerprint density at radius 1 is 0.312 bits per heavy atom. The Balaban J connectivity index is 4.36. The van der Waals surface area contributed by atoms with Crippen molar-refractivity contribution in [3.05, 3.63) is 48.6 Å². The van der Waals surface area contributed by atoms with Gasteiger partial charge in [0.25, 0.3) is 0 Å². The van der Waals surface area contributed by atoms with E-state index >= 15 is 0 Å². The van der Waals surface area contributed by atoms with Crippen LogP contribution >= 0.6 is 0 Å². The van der Waals surface area contributed by atoms with Crippen LogP contribution in [0.2, 0.25) is 0 Å². The van der Waals surface area contributed by atoms with Crippen molar-refractivity contribution >= 4 is 17.9 Å². The van der Waals surface area contributed by atoms with Crippen LogP contribution in [-0.2, 0) is 28.6 Å². The summed E-state index contributed by atoms with van der Waals surface area (Å²) in [4.78, 5) is 38.0. The molecule has 0 aliphatic heterocycles. The molecule has 0 N–H and O–H groups in total. The fourth-order valence-electron chi connectivity index (χ4n) is 7.86. The number of ether oxygens (including phenoxy) is 3. The van der Waals surface area contributed by atoms with E-state index in [1.807, 2.05) is 0 Å². The zero-order valence-electron chi connectivity index (χ0n) is 42.6. The molecule has 0 bridgehead atoms. The lowest BCUT2D eigenvalue weighted by atomic mass is 10.1. The summed E-state index contributed by atoms with van der Waals surface area (Å²) >= 11 is 0. The van der Waals surface area contributed by atoms with Gasteiger partial charge in [0, 0.05) is 19.3 Å². The van der Waals surface area contributed by atoms with E-state index in [-0.39, 0.29) is 31.1 Å². The van der Waals surface area contributed by atoms with Crippen molar-refractivity contribution in [3.8, 4) is 0 Å². The van der Waals surface area contributed by atoms with E-state index in [1.165, 1.54) is 154 Å². The molecule has 6 heteroatoms. The first kappa shape index (κ1) is 61.4. The van der Waals surface area contributed by atoms with Crippen molar-refractivity contribution in [2.24, 2.45) is 0 Å². The second-order valence-electron chi connectivity index (χ2n) is 18.5. The van der Waals surface area contributed by atoms with Crippen molar-refractivity contribution in [1.29, 1.82) is 0 Å². The summed E-state index contributed by atoms with van der Waals surface area (Å²) in [5, 5.41) is 0. The number of unbranched alkanes of at least 4 members (excludes halogenated alkanes) is 31. The van der Waals surface area contributed by atoms with Gasteiger partial charge in [-0.15, -0.1) is 0 Å². The van der Waals surface area contributed by atoms with Gasteiger partial charge in [0.1, 0.15) is 13.2 Å². The van der Waals surface area contributed by atoms with Crippen molar-refractivity contribution < 1.29 is 28.6 Å². The van der Waals surface area contributed by atoms with E-state index < -0.39 is 6.10 Å². The van der Waals surface area contributed by atoms with Gasteiger partial charge in [-0.05, 0) is 83.5 Å². The summed E-state index contributed by atoms with van der Waals surface area (Å²) < 4.78 is 16.8. The largest absolute Gasteiger partial charge is 0.462 e. The highest BCUT2D eigenvalue weighted by Gasteiger charge is 2.19. The molecular weight excluding hydrogens is 793 g/mol. The first-order chi connectivity index (χ1) is 31.5. The van der Waals surface area contributed by atoms with Crippen LogP contribution in [0.4, 0.5) is 0 Å². The number of esters is 3. The zero-order chi connectivity index (χ0) is 46.5. The molecule has 64 heavy (non-hydrogen) atoms. The molecule has 0 heterocycles. The smallest absolute Gasteiger partial charge is 0.306 e. The molecule has 0 saturated heterocycles. The second-order valence-corrected chi connectivity index (χ2v) is 18.5. The molecule has 0 radical (unpaired) electrons. The van der Waals surface area contributed by atoms with E-state index in [4.69, 9.17) is 14.2 Å². The summed E-state index contributed by atoms with van der Waals surface area (Å²) in [5.41, 5.74) is 0. The molecule has 0 fully saturated rings. The van der Waals surface area contributed by atoms with Gasteiger partial charge in [0.05, 0.1) is 0 Å². The van der Waals surface area contributed by atoms with Crippen molar-refractivity contribution in [2.75, 3.05) is 13.2 Å². The molecule has 0 saturated carbocycles. The lowest BCUT2D eigenvalue weighted by Crippen LogP contribution is -2.30. The predicted molar refractivity (Wildman–Crippen MR) is 275 cm³/mol. The number of rotatable bonds is 50. The number of allylic oxidation sites excluding steroid dienone is 8. The third kappa shape index (κ3) is 50.4. The maximum absolute atomic E-state index is 12.8. The van der Waals surface area contributed by atoms with Gasteiger partial charge in [0.2, 0.25) is 0 Å². The van der Waals surface area contributed by atoms with Crippen LogP contribution in [0, 0.1) is 0 Å². The lowest BCUT2D eigenvalue weighted by Gasteiger charge is -2.18. The topological polar surface area (TPSA) is 78.9 Å². The number of hydrogen-bond donors (Lipinski definition) is 0. The summed E-state index contributed by atoms with van der Waals surface area (Å²) in [5.74, 6) is -0.890. The van der Waals surface area contributed by atoms with Gasteiger partial charge in [-0.25, -0.2) is 0 Å². The summed E-state index contributed by atoms with van der Waals surface area (Å²) in [6, 6.07) is 0. The molecule has 0 rings (SSSR count). The highest BCUT2D eigenvalue weighted by atomic mass is 16.6. The van der Waals surface area contributed by atoms with Crippen molar-refractivity contribution in [1.82, 2.24) is 0 Å². The zero-order valence-corrected chi connectivity index (χ0v) is 42.6. The first-order valence-electron chi connectivity index (χ1n) is 27.6. The molecule has 0 aromatic rings. The molecule has 1 atom stereocenters. The third-order valence-electron chi connectivity index (χ3n) is 12.1. The fourth-order valence-corrected chi connectivity index (χ4v) is 7.86. The molecule has 0 aliphatic carbocycles. The number of carbonyl (C=O) groups excluding carboxylic acids is 3. The van der Waals surface area contributed by atoms with E-state index in [9.17, 15) is 14.4 Å². The molecule has 1 unspecified atom stereocenters. The summed E-state index contributed by atoms with van der Waals surface area (Å²) in [6.45, 7) is 6.61. The maximum Gasteiger partial charge on any atom is 0.306 e. The lowest BCUT2D eigenvalue weighted by molar-refractivity contribution is -0.167. The minimum absolute atomic E-state index is 0.0783. The molecule has 0 aromatic carbocycles. The van der Waals surface area contributed by atoms with Gasteiger partial charge in [-0.1, -0.05) is 230 Å². The van der Waals surface area contributed by atoms with Crippen LogP contribution in [0.25, 0.3) is 0 Å². The fraction of sp³-hybridized carbons (Fsp3) is 0.810. The Morgan fingerprint density at radius 3 is 0.922 bits per heavy atom. The molecule has 0 amide bonds. The van der Waals surface area contributed by atoms with Crippen LogP contribution in [0.1, 0.15) is 284 Å². The second kappa shape index (κ2) is 53.0. The molecule has 0 aromatic heterocycles. The number of hydrogen-bond acceptors (Lipinski definition) is 6. The van der Waals surface area contributed by atoms with Gasteiger partial charge >= 0.3 is 17.9 Å². The Morgan fingerprint density at radius 2 is 0.562 bits per heavy atom. The van der Waals surface area contributed by atoms with Gasteiger partial charge in [-0.2, -0.15) is 0 Å². The Labute approximate surface area is 397 Å². The maximum atomic E-state index is 12.8. The Bertz CT molecular complexity index is 1120. The number of carbonyl (C=O) groups is 3. The summed E-state index contributed by atoms with van der Waals surface area (Å²) in [7, 11) is 0. The van der Waals surface area contributed by atoms with Crippen LogP contribution in [0.3, 0.4) is 0 Å². The molecule has 6 nitrogen and oxygen atoms in total. The first-order valence-corrected chi connectivity index (χ1v) is 27.6. The molecule has 0 spiro atoms. The highest BCUT2D eigenvalue weighted by molar-refractivity contribution is 5.71. The average molecular weight is 897 g/mol. The molecular formula is C58H104O6. The van der Waals surface area contributed by atoms with Gasteiger partial charge in [0.15, 0.2) is 6.10 Å². The van der Waals surface area contributed by atoms with E-state index in [0.29, 0.717) is 19.3 Å². The van der Waals surface area contributed by atoms with Crippen molar-refractivity contribution in [3.63, 3.8) is 0 Å². The van der Waals surface area contributed by atoms with E-state index in [0.717, 1.165) is 89.9 Å². The monoisotopic (exact) mass is 897 g/mol. The van der Waals surface area contributed by atoms with Crippen LogP contribution < -0.4 is 0 Å². The predicted octanol–water partition coefficient (Wildman–Crippen LogP) is 18.3. The third-order valence-corrected chi connectivity index (χ3v) is 12.1. The minimum Gasteiger partial charge on any atom is -0.462 e. The SMILES string of the molecule is CCCCC/C=C\C/C=C\C/C=C\CCCCCCCCC(=O)OCC(COC(=O)CCCCCCCCCCCCC)OC(=O)CCCCCCC/C=C\CCCCCCCCC. The van der Waals surface area contributed by atoms with Crippen molar-refractivity contribution in [2.45, 2.75) is 290 Å². The minimum atomic E-state index is -0.780. The van der Waals surface area contributed by atoms with E-state index in [2.05, 4.69) is 69.4 Å². The molecule has 0 aliphatic rings. The normalized spacial score (nSPS) is 12.4. The quantitative estimate of drug-likeness (QED) is 0.0262. The Hall–Kier alpha value is -2.63. The van der Waals surface area contributed by atoms with Crippen LogP contribution in [-0.4, -0.2) is 37.2 Å². The average Bonchev–Trinajstić information content (AvgIpc) is 3.29. The van der Waals surface area contributed by atoms with E-state index in [1.54, 1.807) is 0 Å². The van der Waals surface area contributed by atoms with Gasteiger partial charge in [-0.3, -0.25) is 14.4 Å². The summed E-state index contributed by atoms with van der Waals surface area (Å²) in [6.07, 6.45) is 63.8. The highest BCUT2D eigenvalue weighted by Crippen LogP contribution is 2.15. The van der Waals surface area contributed by atoms with Gasteiger partial charge < -0.3 is 14.2 Å². The molecule has 372 valence electrons. The van der Waals surface area contributed by atoms with Crippen LogP contribution in [0.15, 0.2) is 48.6 Å². The Kier molecular flexibility index (Phi) is 50.8. The standard InChI is InChI=1S/C58H104O6/c1-4-7-10-13-16-19-22-24-26-28-29-30-32-33-36-39-42-45-48-51-57(60)63-54-55(53-62-56(59)50-47-44-41-38-35-21-18-15-12-9-6-3)64-58(61)52-49-46-43-40-37-34-31-27-25-23-20-17-14-11-8-5-2/h16,19,24,26-27,29-31,55H,4-15,17-18,20-23,25,28,32-54H2,1-3H3/b19-16-,26-24-,30-29-,31-27-. The van der Waals surface area contributed by atoms with Crippen LogP contribution in [0.5, 0.6) is 0 Å².